The van der Waals surface area contributed by atoms with Gasteiger partial charge in [0.25, 0.3) is 0 Å². The monoisotopic (exact) mass is 430 g/mol. The van der Waals surface area contributed by atoms with Crippen molar-refractivity contribution in [3.8, 4) is 11.5 Å². The molecule has 7 nitrogen and oxygen atoms in total. The molecule has 1 fully saturated rings. The van der Waals surface area contributed by atoms with Gasteiger partial charge in [0.2, 0.25) is 10.0 Å². The second-order valence-electron chi connectivity index (χ2n) is 7.58. The van der Waals surface area contributed by atoms with E-state index in [0.717, 1.165) is 36.4 Å². The Balaban J connectivity index is 1.40. The lowest BCUT2D eigenvalue weighted by Gasteiger charge is -2.26. The third-order valence-electron chi connectivity index (χ3n) is 5.56. The van der Waals surface area contributed by atoms with Crippen LogP contribution in [0.3, 0.4) is 0 Å². The van der Waals surface area contributed by atoms with Gasteiger partial charge in [-0.1, -0.05) is 18.2 Å². The van der Waals surface area contributed by atoms with Crippen LogP contribution in [0.4, 0.5) is 0 Å². The van der Waals surface area contributed by atoms with Crippen molar-refractivity contribution in [3.05, 3.63) is 53.6 Å². The number of carbonyl (C=O) groups excluding carboxylic acids is 1. The minimum Gasteiger partial charge on any atom is -0.486 e. The first-order chi connectivity index (χ1) is 14.4. The summed E-state index contributed by atoms with van der Waals surface area (Å²) in [5.41, 5.74) is 1.55. The first-order valence-corrected chi connectivity index (χ1v) is 11.7. The highest BCUT2D eigenvalue weighted by Crippen LogP contribution is 2.37. The molecule has 0 spiro atoms. The summed E-state index contributed by atoms with van der Waals surface area (Å²) in [5.74, 6) is 1.39. The van der Waals surface area contributed by atoms with Crippen LogP contribution in [-0.4, -0.2) is 51.9 Å². The smallest absolute Gasteiger partial charge is 0.240 e. The zero-order chi connectivity index (χ0) is 21.1. The highest BCUT2D eigenvalue weighted by molar-refractivity contribution is 7.89. The van der Waals surface area contributed by atoms with Crippen molar-refractivity contribution in [2.45, 2.75) is 30.7 Å². The van der Waals surface area contributed by atoms with Gasteiger partial charge in [-0.3, -0.25) is 9.69 Å². The average Bonchev–Trinajstić information content (AvgIpc) is 3.22. The fourth-order valence-corrected chi connectivity index (χ4v) is 5.09. The molecule has 0 saturated carbocycles. The molecule has 0 aliphatic carbocycles. The summed E-state index contributed by atoms with van der Waals surface area (Å²) in [5, 5.41) is 0. The second-order valence-corrected chi connectivity index (χ2v) is 9.35. The number of sulfonamides is 1. The Morgan fingerprint density at radius 1 is 1.13 bits per heavy atom. The van der Waals surface area contributed by atoms with Gasteiger partial charge in [0, 0.05) is 24.7 Å². The lowest BCUT2D eigenvalue weighted by molar-refractivity contribution is 0.101. The molecular weight excluding hydrogens is 404 g/mol. The van der Waals surface area contributed by atoms with E-state index >= 15 is 0 Å². The van der Waals surface area contributed by atoms with Crippen molar-refractivity contribution in [3.63, 3.8) is 0 Å². The van der Waals surface area contributed by atoms with Gasteiger partial charge in [0.1, 0.15) is 13.2 Å². The van der Waals surface area contributed by atoms with Gasteiger partial charge < -0.3 is 9.47 Å². The van der Waals surface area contributed by atoms with E-state index in [-0.39, 0.29) is 16.7 Å². The number of benzene rings is 2. The van der Waals surface area contributed by atoms with Crippen molar-refractivity contribution in [1.82, 2.24) is 9.62 Å². The summed E-state index contributed by atoms with van der Waals surface area (Å²) in [4.78, 5) is 13.9. The Kier molecular flexibility index (Phi) is 6.08. The molecule has 1 N–H and O–H groups in total. The van der Waals surface area contributed by atoms with E-state index in [0.29, 0.717) is 31.9 Å². The van der Waals surface area contributed by atoms with Crippen LogP contribution >= 0.6 is 0 Å². The van der Waals surface area contributed by atoms with Crippen LogP contribution in [0.5, 0.6) is 11.5 Å². The highest BCUT2D eigenvalue weighted by atomic mass is 32.2. The molecular formula is C22H26N2O5S. The van der Waals surface area contributed by atoms with Gasteiger partial charge in [-0.05, 0) is 56.1 Å². The van der Waals surface area contributed by atoms with E-state index in [1.165, 1.54) is 19.1 Å². The molecule has 2 aromatic carbocycles. The van der Waals surface area contributed by atoms with Crippen molar-refractivity contribution in [2.24, 2.45) is 0 Å². The number of nitrogens with one attached hydrogen (secondary N) is 1. The summed E-state index contributed by atoms with van der Waals surface area (Å²) in [7, 11) is -3.67. The van der Waals surface area contributed by atoms with Crippen LogP contribution in [0.1, 0.15) is 41.7 Å². The Hall–Kier alpha value is -2.42. The first-order valence-electron chi connectivity index (χ1n) is 10.2. The van der Waals surface area contributed by atoms with E-state index in [2.05, 4.69) is 15.7 Å². The number of rotatable bonds is 7. The summed E-state index contributed by atoms with van der Waals surface area (Å²) < 4.78 is 39.2. The van der Waals surface area contributed by atoms with E-state index in [1.54, 1.807) is 12.1 Å². The molecule has 8 heteroatoms. The van der Waals surface area contributed by atoms with Gasteiger partial charge in [0.05, 0.1) is 4.90 Å². The number of nitrogens with zero attached hydrogens (tertiary/aromatic N) is 1. The highest BCUT2D eigenvalue weighted by Gasteiger charge is 2.27. The molecule has 160 valence electrons. The van der Waals surface area contributed by atoms with Crippen LogP contribution in [0, 0.1) is 0 Å². The molecule has 1 unspecified atom stereocenters. The average molecular weight is 431 g/mol. The molecule has 4 rings (SSSR count). The Labute approximate surface area is 177 Å². The molecule has 0 bridgehead atoms. The fourth-order valence-electron chi connectivity index (χ4n) is 4.03. The largest absolute Gasteiger partial charge is 0.486 e. The molecule has 2 aliphatic heterocycles. The van der Waals surface area contributed by atoms with E-state index in [9.17, 15) is 13.2 Å². The SMILES string of the molecule is CC(=O)c1cccc(S(=O)(=O)NCCN2CCCC2c2ccc3c(c2)OCCO3)c1. The lowest BCUT2D eigenvalue weighted by atomic mass is 10.0. The number of Topliss-reactive ketones (excluding diaryl/α,β-unsaturated/α-hetero) is 1. The maximum Gasteiger partial charge on any atom is 0.240 e. The fraction of sp³-hybridized carbons (Fsp3) is 0.409. The first kappa shape index (κ1) is 20.8. The number of ether oxygens (including phenoxy) is 2. The zero-order valence-electron chi connectivity index (χ0n) is 17.0. The molecule has 2 aliphatic rings. The molecule has 30 heavy (non-hydrogen) atoms. The third kappa shape index (κ3) is 4.50. The maximum absolute atomic E-state index is 12.6. The van der Waals surface area contributed by atoms with Gasteiger partial charge in [-0.2, -0.15) is 0 Å². The van der Waals surface area contributed by atoms with Gasteiger partial charge in [-0.15, -0.1) is 0 Å². The quantitative estimate of drug-likeness (QED) is 0.680. The normalized spacial score (nSPS) is 19.0. The second kappa shape index (κ2) is 8.75. The topological polar surface area (TPSA) is 84.9 Å². The van der Waals surface area contributed by atoms with E-state index in [1.807, 2.05) is 12.1 Å². The Morgan fingerprint density at radius 3 is 2.73 bits per heavy atom. The summed E-state index contributed by atoms with van der Waals surface area (Å²) in [6.45, 7) is 4.36. The molecule has 0 radical (unpaired) electrons. The molecule has 0 aromatic heterocycles. The summed E-state index contributed by atoms with van der Waals surface area (Å²) in [6, 6.07) is 12.4. The van der Waals surface area contributed by atoms with Crippen molar-refractivity contribution in [2.75, 3.05) is 32.8 Å². The van der Waals surface area contributed by atoms with E-state index in [4.69, 9.17) is 9.47 Å². The van der Waals surface area contributed by atoms with Crippen LogP contribution < -0.4 is 14.2 Å². The van der Waals surface area contributed by atoms with Gasteiger partial charge in [0.15, 0.2) is 17.3 Å². The van der Waals surface area contributed by atoms with E-state index < -0.39 is 10.0 Å². The predicted octanol–water partition coefficient (Wildman–Crippen LogP) is 2.78. The minimum absolute atomic E-state index is 0.111. The summed E-state index contributed by atoms with van der Waals surface area (Å²) in [6.07, 6.45) is 2.08. The van der Waals surface area contributed by atoms with Gasteiger partial charge in [-0.25, -0.2) is 13.1 Å². The molecule has 0 amide bonds. The van der Waals surface area contributed by atoms with Crippen molar-refractivity contribution in [1.29, 1.82) is 0 Å². The van der Waals surface area contributed by atoms with Crippen LogP contribution in [0.25, 0.3) is 0 Å². The number of carbonyl (C=O) groups is 1. The standard InChI is InChI=1S/C22H26N2O5S/c1-16(25)17-4-2-5-19(14-17)30(26,27)23-9-11-24-10-3-6-20(24)18-7-8-21-22(15-18)29-13-12-28-21/h2,4-5,7-8,14-15,20,23H,3,6,9-13H2,1H3. The van der Waals surface area contributed by atoms with Crippen LogP contribution in [-0.2, 0) is 10.0 Å². The Bertz CT molecular complexity index is 1040. The van der Waals surface area contributed by atoms with Gasteiger partial charge >= 0.3 is 0 Å². The number of fused-ring (bicyclic) bond motifs is 1. The lowest BCUT2D eigenvalue weighted by Crippen LogP contribution is -2.34. The number of hydrogen-bond acceptors (Lipinski definition) is 6. The molecule has 1 atom stereocenters. The van der Waals surface area contributed by atoms with Crippen LogP contribution in [0.15, 0.2) is 47.4 Å². The molecule has 2 aromatic rings. The summed E-state index contributed by atoms with van der Waals surface area (Å²) >= 11 is 0. The van der Waals surface area contributed by atoms with Crippen molar-refractivity contribution >= 4 is 15.8 Å². The minimum atomic E-state index is -3.67. The molecule has 1 saturated heterocycles. The maximum atomic E-state index is 12.6. The van der Waals surface area contributed by atoms with Crippen molar-refractivity contribution < 1.29 is 22.7 Å². The van der Waals surface area contributed by atoms with Crippen LogP contribution in [0.2, 0.25) is 0 Å². The number of hydrogen-bond donors (Lipinski definition) is 1. The molecule has 2 heterocycles. The predicted molar refractivity (Wildman–Crippen MR) is 113 cm³/mol. The third-order valence-corrected chi connectivity index (χ3v) is 7.02. The number of likely N-dealkylation sites (tertiary alicyclic amines) is 1. The zero-order valence-corrected chi connectivity index (χ0v) is 17.8. The Morgan fingerprint density at radius 2 is 1.93 bits per heavy atom. The number of ketones is 1.